The lowest BCUT2D eigenvalue weighted by Crippen LogP contribution is -2.38. The molecule has 23 heavy (non-hydrogen) atoms. The van der Waals surface area contributed by atoms with Crippen molar-refractivity contribution in [1.82, 2.24) is 9.80 Å². The van der Waals surface area contributed by atoms with E-state index >= 15 is 0 Å². The van der Waals surface area contributed by atoms with Crippen LogP contribution in [0.1, 0.15) is 11.1 Å². The van der Waals surface area contributed by atoms with Crippen LogP contribution in [0.3, 0.4) is 0 Å². The molecule has 2 aromatic rings. The maximum absolute atomic E-state index is 5.65. The smallest absolute Gasteiger partial charge is 0.173 e. The van der Waals surface area contributed by atoms with Gasteiger partial charge in [-0.1, -0.05) is 42.5 Å². The van der Waals surface area contributed by atoms with Crippen LogP contribution in [-0.4, -0.2) is 42.1 Å². The van der Waals surface area contributed by atoms with Gasteiger partial charge >= 0.3 is 0 Å². The zero-order valence-corrected chi connectivity index (χ0v) is 14.9. The largest absolute Gasteiger partial charge is 0.343 e. The van der Waals surface area contributed by atoms with Crippen molar-refractivity contribution < 1.29 is 0 Å². The van der Waals surface area contributed by atoms with E-state index in [9.17, 15) is 0 Å². The van der Waals surface area contributed by atoms with Crippen LogP contribution >= 0.6 is 12.2 Å². The maximum atomic E-state index is 5.65. The SMILES string of the molecule is Cc1cccc(NC(=S)N(CCN(C)C)Cc2ccccc2)c1. The third kappa shape index (κ3) is 6.00. The summed E-state index contributed by atoms with van der Waals surface area (Å²) in [6, 6.07) is 18.7. The predicted octanol–water partition coefficient (Wildman–Crippen LogP) is 3.76. The Bertz CT molecular complexity index is 626. The van der Waals surface area contributed by atoms with Crippen LogP contribution in [0.15, 0.2) is 54.6 Å². The second-order valence-electron chi connectivity index (χ2n) is 6.01. The second kappa shape index (κ2) is 8.65. The minimum Gasteiger partial charge on any atom is -0.343 e. The molecule has 0 amide bonds. The lowest BCUT2D eigenvalue weighted by Gasteiger charge is -2.27. The van der Waals surface area contributed by atoms with Gasteiger partial charge in [0.05, 0.1) is 0 Å². The molecule has 0 radical (unpaired) electrons. The topological polar surface area (TPSA) is 18.5 Å². The molecule has 4 heteroatoms. The molecule has 0 heterocycles. The van der Waals surface area contributed by atoms with Gasteiger partial charge in [0.15, 0.2) is 5.11 Å². The van der Waals surface area contributed by atoms with Crippen molar-refractivity contribution in [2.24, 2.45) is 0 Å². The van der Waals surface area contributed by atoms with Crippen LogP contribution in [0, 0.1) is 6.92 Å². The van der Waals surface area contributed by atoms with Gasteiger partial charge in [-0.15, -0.1) is 0 Å². The van der Waals surface area contributed by atoms with Crippen molar-refractivity contribution in [3.8, 4) is 0 Å². The molecule has 0 saturated heterocycles. The van der Waals surface area contributed by atoms with Crippen LogP contribution in [0.25, 0.3) is 0 Å². The molecule has 0 aliphatic heterocycles. The highest BCUT2D eigenvalue weighted by molar-refractivity contribution is 7.80. The van der Waals surface area contributed by atoms with E-state index in [1.165, 1.54) is 11.1 Å². The number of aryl methyl sites for hydroxylation is 1. The highest BCUT2D eigenvalue weighted by atomic mass is 32.1. The van der Waals surface area contributed by atoms with Crippen molar-refractivity contribution >= 4 is 23.0 Å². The van der Waals surface area contributed by atoms with Gasteiger partial charge in [-0.3, -0.25) is 0 Å². The molecule has 0 aliphatic carbocycles. The molecule has 0 aromatic heterocycles. The number of rotatable bonds is 6. The van der Waals surface area contributed by atoms with E-state index in [4.69, 9.17) is 12.2 Å². The lowest BCUT2D eigenvalue weighted by molar-refractivity contribution is 0.328. The van der Waals surface area contributed by atoms with Crippen molar-refractivity contribution in [2.75, 3.05) is 32.5 Å². The number of hydrogen-bond acceptors (Lipinski definition) is 2. The summed E-state index contributed by atoms with van der Waals surface area (Å²) in [7, 11) is 4.16. The molecule has 1 N–H and O–H groups in total. The predicted molar refractivity (Wildman–Crippen MR) is 103 cm³/mol. The first-order valence-corrected chi connectivity index (χ1v) is 8.26. The summed E-state index contributed by atoms with van der Waals surface area (Å²) < 4.78 is 0. The fourth-order valence-electron chi connectivity index (χ4n) is 2.30. The standard InChI is InChI=1S/C19H25N3S/c1-16-8-7-11-18(14-16)20-19(23)22(13-12-21(2)3)15-17-9-5-4-6-10-17/h4-11,14H,12-13,15H2,1-3H3,(H,20,23). The first-order chi connectivity index (χ1) is 11.0. The van der Waals surface area contributed by atoms with Gasteiger partial charge in [0, 0.05) is 25.3 Å². The van der Waals surface area contributed by atoms with Crippen molar-refractivity contribution in [3.05, 3.63) is 65.7 Å². The zero-order valence-electron chi connectivity index (χ0n) is 14.1. The van der Waals surface area contributed by atoms with E-state index in [0.717, 1.165) is 30.4 Å². The zero-order chi connectivity index (χ0) is 16.7. The first kappa shape index (κ1) is 17.4. The number of anilines is 1. The molecule has 0 atom stereocenters. The van der Waals surface area contributed by atoms with Gasteiger partial charge in [0.25, 0.3) is 0 Å². The molecular weight excluding hydrogens is 302 g/mol. The van der Waals surface area contributed by atoms with E-state index in [0.29, 0.717) is 0 Å². The Hall–Kier alpha value is -1.91. The molecule has 0 spiro atoms. The number of nitrogens with one attached hydrogen (secondary N) is 1. The molecule has 0 fully saturated rings. The summed E-state index contributed by atoms with van der Waals surface area (Å²) in [6.07, 6.45) is 0. The van der Waals surface area contributed by atoms with Crippen molar-refractivity contribution in [2.45, 2.75) is 13.5 Å². The number of benzene rings is 2. The van der Waals surface area contributed by atoms with E-state index in [2.05, 4.69) is 72.5 Å². The van der Waals surface area contributed by atoms with E-state index in [1.54, 1.807) is 0 Å². The lowest BCUT2D eigenvalue weighted by atomic mass is 10.2. The monoisotopic (exact) mass is 327 g/mol. The summed E-state index contributed by atoms with van der Waals surface area (Å²) in [5.41, 5.74) is 3.53. The van der Waals surface area contributed by atoms with Gasteiger partial charge in [0.1, 0.15) is 0 Å². The first-order valence-electron chi connectivity index (χ1n) is 7.86. The maximum Gasteiger partial charge on any atom is 0.173 e. The fourth-order valence-corrected chi connectivity index (χ4v) is 2.58. The minimum absolute atomic E-state index is 0.765. The normalized spacial score (nSPS) is 10.6. The van der Waals surface area contributed by atoms with Crippen LogP contribution in [0.4, 0.5) is 5.69 Å². The summed E-state index contributed by atoms with van der Waals surface area (Å²) in [5, 5.41) is 4.13. The Kier molecular flexibility index (Phi) is 6.56. The molecule has 0 saturated carbocycles. The van der Waals surface area contributed by atoms with Crippen molar-refractivity contribution in [1.29, 1.82) is 0 Å². The summed E-state index contributed by atoms with van der Waals surface area (Å²) in [5.74, 6) is 0. The van der Waals surface area contributed by atoms with Crippen LogP contribution in [0.2, 0.25) is 0 Å². The Morgan fingerprint density at radius 2 is 1.74 bits per heavy atom. The quantitative estimate of drug-likeness (QED) is 0.814. The highest BCUT2D eigenvalue weighted by Crippen LogP contribution is 2.12. The molecule has 2 aromatic carbocycles. The summed E-state index contributed by atoms with van der Waals surface area (Å²) >= 11 is 5.65. The Balaban J connectivity index is 2.07. The Labute approximate surface area is 144 Å². The number of thiocarbonyl (C=S) groups is 1. The second-order valence-corrected chi connectivity index (χ2v) is 6.40. The molecule has 0 unspecified atom stereocenters. The van der Waals surface area contributed by atoms with Gasteiger partial charge in [-0.25, -0.2) is 0 Å². The Morgan fingerprint density at radius 1 is 1.00 bits per heavy atom. The number of hydrogen-bond donors (Lipinski definition) is 1. The number of likely N-dealkylation sites (N-methyl/N-ethyl adjacent to an activating group) is 1. The summed E-state index contributed by atoms with van der Waals surface area (Å²) in [4.78, 5) is 4.39. The minimum atomic E-state index is 0.765. The molecule has 3 nitrogen and oxygen atoms in total. The van der Waals surface area contributed by atoms with Crippen LogP contribution in [0.5, 0.6) is 0 Å². The molecular formula is C19H25N3S. The van der Waals surface area contributed by atoms with Crippen LogP contribution < -0.4 is 5.32 Å². The molecule has 0 bridgehead atoms. The van der Waals surface area contributed by atoms with Gasteiger partial charge in [-0.2, -0.15) is 0 Å². The average molecular weight is 327 g/mol. The summed E-state index contributed by atoms with van der Waals surface area (Å²) in [6.45, 7) is 4.75. The molecule has 122 valence electrons. The molecule has 2 rings (SSSR count). The van der Waals surface area contributed by atoms with E-state index < -0.39 is 0 Å². The third-order valence-corrected chi connectivity index (χ3v) is 3.95. The van der Waals surface area contributed by atoms with Gasteiger partial charge < -0.3 is 15.1 Å². The fraction of sp³-hybridized carbons (Fsp3) is 0.316. The van der Waals surface area contributed by atoms with E-state index in [-0.39, 0.29) is 0 Å². The highest BCUT2D eigenvalue weighted by Gasteiger charge is 2.11. The Morgan fingerprint density at radius 3 is 2.39 bits per heavy atom. The van der Waals surface area contributed by atoms with Gasteiger partial charge in [0.2, 0.25) is 0 Å². The third-order valence-electron chi connectivity index (χ3n) is 3.59. The van der Waals surface area contributed by atoms with Crippen LogP contribution in [-0.2, 0) is 6.54 Å². The number of nitrogens with zero attached hydrogens (tertiary/aromatic N) is 2. The van der Waals surface area contributed by atoms with E-state index in [1.807, 2.05) is 18.2 Å². The van der Waals surface area contributed by atoms with Crippen molar-refractivity contribution in [3.63, 3.8) is 0 Å². The molecule has 0 aliphatic rings. The average Bonchev–Trinajstić information content (AvgIpc) is 2.52. The van der Waals surface area contributed by atoms with Gasteiger partial charge in [-0.05, 0) is 56.5 Å².